The van der Waals surface area contributed by atoms with E-state index in [9.17, 15) is 14.4 Å². The average Bonchev–Trinajstić information content (AvgIpc) is 3.02. The molecule has 1 aliphatic heterocycles. The van der Waals surface area contributed by atoms with Crippen molar-refractivity contribution in [2.45, 2.75) is 6.92 Å². The van der Waals surface area contributed by atoms with Crippen LogP contribution in [0, 0.1) is 19.3 Å². The van der Waals surface area contributed by atoms with Crippen LogP contribution in [-0.4, -0.2) is 42.2 Å². The van der Waals surface area contributed by atoms with Crippen LogP contribution in [-0.2, 0) is 9.59 Å². The van der Waals surface area contributed by atoms with E-state index in [4.69, 9.17) is 27.5 Å². The summed E-state index contributed by atoms with van der Waals surface area (Å²) in [6, 6.07) is 8.44. The van der Waals surface area contributed by atoms with Crippen molar-refractivity contribution in [3.05, 3.63) is 55.9 Å². The highest BCUT2D eigenvalue weighted by Gasteiger charge is 2.36. The molecule has 0 aromatic heterocycles. The van der Waals surface area contributed by atoms with Crippen molar-refractivity contribution in [3.63, 3.8) is 0 Å². The second kappa shape index (κ2) is 10.8. The number of nitrogens with zero attached hydrogens (tertiary/aromatic N) is 1. The highest BCUT2D eigenvalue weighted by atomic mass is 79.9. The first-order chi connectivity index (χ1) is 15.7. The van der Waals surface area contributed by atoms with Crippen molar-refractivity contribution in [2.75, 3.05) is 25.6 Å². The molecule has 1 saturated heterocycles. The Labute approximate surface area is 208 Å². The number of methoxy groups -OCH3 is 1. The van der Waals surface area contributed by atoms with Crippen LogP contribution in [0.5, 0.6) is 11.5 Å². The molecule has 0 unspecified atom stereocenters. The van der Waals surface area contributed by atoms with Gasteiger partial charge < -0.3 is 14.8 Å². The van der Waals surface area contributed by atoms with Gasteiger partial charge in [0.15, 0.2) is 11.5 Å². The molecule has 0 aliphatic carbocycles. The van der Waals surface area contributed by atoms with E-state index >= 15 is 0 Å². The molecule has 2 aromatic rings. The van der Waals surface area contributed by atoms with E-state index in [1.165, 1.54) is 13.2 Å². The summed E-state index contributed by atoms with van der Waals surface area (Å²) in [6.45, 7) is 1.39. The molecule has 170 valence electrons. The molecular weight excluding hydrogens is 532 g/mol. The van der Waals surface area contributed by atoms with Crippen molar-refractivity contribution in [1.82, 2.24) is 4.90 Å². The molecule has 1 heterocycles. The normalized spacial score (nSPS) is 14.4. The SMILES string of the molecule is C#CCOc1c(/C=C2/SC(=O)N(CC(=O)Nc3ccc(C)c(Cl)c3)C2=O)cc(Br)cc1OC. The molecule has 0 bridgehead atoms. The van der Waals surface area contributed by atoms with Gasteiger partial charge in [-0.3, -0.25) is 19.3 Å². The summed E-state index contributed by atoms with van der Waals surface area (Å²) in [6.07, 6.45) is 6.79. The maximum atomic E-state index is 12.9. The Morgan fingerprint density at radius 2 is 2.09 bits per heavy atom. The van der Waals surface area contributed by atoms with Gasteiger partial charge in [0.25, 0.3) is 11.1 Å². The fraction of sp³-hybridized carbons (Fsp3) is 0.174. The van der Waals surface area contributed by atoms with Gasteiger partial charge in [-0.1, -0.05) is 39.5 Å². The zero-order valence-electron chi connectivity index (χ0n) is 17.6. The topological polar surface area (TPSA) is 84.9 Å². The van der Waals surface area contributed by atoms with Crippen molar-refractivity contribution in [2.24, 2.45) is 0 Å². The number of imide groups is 1. The van der Waals surface area contributed by atoms with Crippen molar-refractivity contribution >= 4 is 68.1 Å². The van der Waals surface area contributed by atoms with E-state index in [1.807, 2.05) is 6.92 Å². The number of ether oxygens (including phenoxy) is 2. The van der Waals surface area contributed by atoms with Crippen molar-refractivity contribution in [1.29, 1.82) is 0 Å². The first kappa shape index (κ1) is 24.7. The van der Waals surface area contributed by atoms with E-state index in [0.29, 0.717) is 32.2 Å². The van der Waals surface area contributed by atoms with Crippen LogP contribution in [0.1, 0.15) is 11.1 Å². The number of carbonyl (C=O) groups excluding carboxylic acids is 3. The third-order valence-electron chi connectivity index (χ3n) is 4.49. The lowest BCUT2D eigenvalue weighted by atomic mass is 10.1. The van der Waals surface area contributed by atoms with Crippen molar-refractivity contribution < 1.29 is 23.9 Å². The summed E-state index contributed by atoms with van der Waals surface area (Å²) in [5.74, 6) is 1.99. The van der Waals surface area contributed by atoms with Gasteiger partial charge >= 0.3 is 0 Å². The van der Waals surface area contributed by atoms with Crippen LogP contribution in [0.4, 0.5) is 10.5 Å². The predicted octanol–water partition coefficient (Wildman–Crippen LogP) is 5.11. The van der Waals surface area contributed by atoms with Crippen LogP contribution in [0.15, 0.2) is 39.7 Å². The molecule has 1 fully saturated rings. The summed E-state index contributed by atoms with van der Waals surface area (Å²) in [7, 11) is 1.47. The van der Waals surface area contributed by atoms with E-state index in [2.05, 4.69) is 27.2 Å². The van der Waals surface area contributed by atoms with Gasteiger partial charge in [0.2, 0.25) is 5.91 Å². The minimum Gasteiger partial charge on any atom is -0.493 e. The van der Waals surface area contributed by atoms with E-state index in [0.717, 1.165) is 22.2 Å². The molecule has 7 nitrogen and oxygen atoms in total. The monoisotopic (exact) mass is 548 g/mol. The lowest BCUT2D eigenvalue weighted by molar-refractivity contribution is -0.127. The number of amides is 3. The predicted molar refractivity (Wildman–Crippen MR) is 133 cm³/mol. The van der Waals surface area contributed by atoms with Gasteiger partial charge in [-0.2, -0.15) is 0 Å². The molecule has 0 saturated carbocycles. The Balaban J connectivity index is 1.81. The Morgan fingerprint density at radius 1 is 1.33 bits per heavy atom. The third kappa shape index (κ3) is 5.90. The second-order valence-corrected chi connectivity index (χ2v) is 9.12. The number of nitrogens with one attached hydrogen (secondary N) is 1. The first-order valence-electron chi connectivity index (χ1n) is 9.48. The molecule has 3 rings (SSSR count). The number of rotatable bonds is 7. The van der Waals surface area contributed by atoms with Crippen LogP contribution >= 0.6 is 39.3 Å². The maximum Gasteiger partial charge on any atom is 0.294 e. The molecule has 33 heavy (non-hydrogen) atoms. The smallest absolute Gasteiger partial charge is 0.294 e. The maximum absolute atomic E-state index is 12.9. The van der Waals surface area contributed by atoms with Crippen LogP contribution in [0.3, 0.4) is 0 Å². The fourth-order valence-corrected chi connectivity index (χ4v) is 4.37. The standard InChI is InChI=1S/C23H18BrClN2O5S/c1-4-7-32-21-14(8-15(24)10-18(21)31-3)9-19-22(29)27(23(30)33-19)12-20(28)26-16-6-5-13(2)17(25)11-16/h1,5-6,8-11H,7,12H2,2-3H3,(H,26,28)/b19-9+. The lowest BCUT2D eigenvalue weighted by Crippen LogP contribution is -2.36. The molecule has 1 aliphatic rings. The molecule has 0 atom stereocenters. The molecule has 0 spiro atoms. The number of hydrogen-bond acceptors (Lipinski definition) is 6. The molecular formula is C23H18BrClN2O5S. The first-order valence-corrected chi connectivity index (χ1v) is 11.5. The summed E-state index contributed by atoms with van der Waals surface area (Å²) in [5, 5.41) is 2.57. The highest BCUT2D eigenvalue weighted by Crippen LogP contribution is 2.39. The van der Waals surface area contributed by atoms with Gasteiger partial charge in [0.1, 0.15) is 13.2 Å². The second-order valence-electron chi connectivity index (χ2n) is 6.80. The number of benzene rings is 2. The summed E-state index contributed by atoms with van der Waals surface area (Å²) in [5.41, 5.74) is 1.82. The van der Waals surface area contributed by atoms with Gasteiger partial charge in [-0.25, -0.2) is 0 Å². The Bertz CT molecular complexity index is 1210. The number of terminal acetylenes is 1. The molecule has 0 radical (unpaired) electrons. The third-order valence-corrected chi connectivity index (χ3v) is 6.26. The Hall–Kier alpha value is -2.93. The molecule has 2 aromatic carbocycles. The fourth-order valence-electron chi connectivity index (χ4n) is 2.91. The number of anilines is 1. The minimum atomic E-state index is -0.594. The van der Waals surface area contributed by atoms with Gasteiger partial charge in [-0.15, -0.1) is 6.42 Å². The Morgan fingerprint density at radius 3 is 2.76 bits per heavy atom. The summed E-state index contributed by atoms with van der Waals surface area (Å²) < 4.78 is 11.6. The number of carbonyl (C=O) groups is 3. The van der Waals surface area contributed by atoms with Gasteiger partial charge in [0.05, 0.1) is 12.0 Å². The number of hydrogen-bond donors (Lipinski definition) is 1. The number of halogens is 2. The summed E-state index contributed by atoms with van der Waals surface area (Å²) in [4.78, 5) is 38.8. The quantitative estimate of drug-likeness (QED) is 0.382. The van der Waals surface area contributed by atoms with Crippen LogP contribution in [0.2, 0.25) is 5.02 Å². The lowest BCUT2D eigenvalue weighted by Gasteiger charge is -2.14. The number of thioether (sulfide) groups is 1. The summed E-state index contributed by atoms with van der Waals surface area (Å²) >= 11 is 10.2. The van der Waals surface area contributed by atoms with Gasteiger partial charge in [0, 0.05) is 20.7 Å². The zero-order chi connectivity index (χ0) is 24.1. The molecule has 1 N–H and O–H groups in total. The average molecular weight is 550 g/mol. The van der Waals surface area contributed by atoms with E-state index in [1.54, 1.807) is 30.3 Å². The van der Waals surface area contributed by atoms with Crippen molar-refractivity contribution in [3.8, 4) is 23.8 Å². The van der Waals surface area contributed by atoms with E-state index in [-0.39, 0.29) is 11.5 Å². The van der Waals surface area contributed by atoms with E-state index < -0.39 is 23.6 Å². The Kier molecular flexibility index (Phi) is 8.08. The minimum absolute atomic E-state index is 0.0104. The van der Waals surface area contributed by atoms with Gasteiger partial charge in [-0.05, 0) is 54.6 Å². The largest absolute Gasteiger partial charge is 0.493 e. The highest BCUT2D eigenvalue weighted by molar-refractivity contribution is 9.10. The van der Waals surface area contributed by atoms with Crippen LogP contribution < -0.4 is 14.8 Å². The molecule has 10 heteroatoms. The number of aryl methyl sites for hydroxylation is 1. The zero-order valence-corrected chi connectivity index (χ0v) is 20.8. The molecule has 3 amide bonds. The van der Waals surface area contributed by atoms with Crippen LogP contribution in [0.25, 0.3) is 6.08 Å².